The van der Waals surface area contributed by atoms with Gasteiger partial charge in [-0.15, -0.1) is 0 Å². The molecule has 0 unspecified atom stereocenters. The maximum Gasteiger partial charge on any atom is 0.291 e. The van der Waals surface area contributed by atoms with E-state index in [1.165, 1.54) is 13.4 Å². The first-order valence-electron chi connectivity index (χ1n) is 8.62. The van der Waals surface area contributed by atoms with Crippen molar-refractivity contribution < 1.29 is 23.5 Å². The van der Waals surface area contributed by atoms with Crippen LogP contribution < -0.4 is 20.1 Å². The molecule has 0 fully saturated rings. The van der Waals surface area contributed by atoms with Crippen LogP contribution in [0.5, 0.6) is 11.5 Å². The third-order valence-corrected chi connectivity index (χ3v) is 3.89. The largest absolute Gasteiger partial charge is 0.495 e. The van der Waals surface area contributed by atoms with E-state index >= 15 is 0 Å². The summed E-state index contributed by atoms with van der Waals surface area (Å²) in [7, 11) is 1.49. The molecule has 0 saturated carbocycles. The van der Waals surface area contributed by atoms with Crippen molar-refractivity contribution in [3.05, 3.63) is 72.7 Å². The average molecular weight is 380 g/mol. The van der Waals surface area contributed by atoms with Crippen molar-refractivity contribution in [3.8, 4) is 11.5 Å². The number of hydrogen-bond donors (Lipinski definition) is 2. The lowest BCUT2D eigenvalue weighted by Crippen LogP contribution is -2.30. The number of para-hydroxylation sites is 1. The van der Waals surface area contributed by atoms with Crippen LogP contribution in [-0.2, 0) is 4.79 Å². The summed E-state index contributed by atoms with van der Waals surface area (Å²) in [6, 6.07) is 17.2. The number of benzene rings is 2. The smallest absolute Gasteiger partial charge is 0.291 e. The van der Waals surface area contributed by atoms with Gasteiger partial charge in [-0.2, -0.15) is 0 Å². The number of rotatable bonds is 7. The number of furan rings is 1. The van der Waals surface area contributed by atoms with E-state index in [9.17, 15) is 9.59 Å². The van der Waals surface area contributed by atoms with Gasteiger partial charge in [0, 0.05) is 5.69 Å². The predicted octanol–water partition coefficient (Wildman–Crippen LogP) is 3.95. The molecule has 1 heterocycles. The minimum Gasteiger partial charge on any atom is -0.495 e. The maximum absolute atomic E-state index is 12.4. The topological polar surface area (TPSA) is 89.8 Å². The monoisotopic (exact) mass is 380 g/mol. The molecule has 2 N–H and O–H groups in total. The van der Waals surface area contributed by atoms with Crippen LogP contribution in [-0.4, -0.2) is 25.0 Å². The summed E-state index contributed by atoms with van der Waals surface area (Å²) in [6.07, 6.45) is 0.711. The van der Waals surface area contributed by atoms with Crippen molar-refractivity contribution in [3.63, 3.8) is 0 Å². The summed E-state index contributed by atoms with van der Waals surface area (Å²) in [6.45, 7) is 1.66. The van der Waals surface area contributed by atoms with E-state index in [4.69, 9.17) is 13.9 Å². The van der Waals surface area contributed by atoms with Crippen LogP contribution >= 0.6 is 0 Å². The van der Waals surface area contributed by atoms with Gasteiger partial charge in [0.2, 0.25) is 0 Å². The van der Waals surface area contributed by atoms with E-state index < -0.39 is 12.0 Å². The summed E-state index contributed by atoms with van der Waals surface area (Å²) in [5.74, 6) is 0.476. The zero-order chi connectivity index (χ0) is 19.9. The zero-order valence-corrected chi connectivity index (χ0v) is 15.5. The van der Waals surface area contributed by atoms with Crippen LogP contribution in [0.25, 0.3) is 0 Å². The van der Waals surface area contributed by atoms with Crippen LogP contribution in [0.3, 0.4) is 0 Å². The Morgan fingerprint density at radius 3 is 2.46 bits per heavy atom. The van der Waals surface area contributed by atoms with Crippen LogP contribution in [0.2, 0.25) is 0 Å². The fourth-order valence-corrected chi connectivity index (χ4v) is 2.48. The molecule has 2 amide bonds. The molecule has 3 aromatic rings. The predicted molar refractivity (Wildman–Crippen MR) is 105 cm³/mol. The van der Waals surface area contributed by atoms with Gasteiger partial charge in [0.15, 0.2) is 11.9 Å². The van der Waals surface area contributed by atoms with Crippen molar-refractivity contribution in [2.75, 3.05) is 17.7 Å². The minimum absolute atomic E-state index is 0.168. The van der Waals surface area contributed by atoms with E-state index in [0.29, 0.717) is 22.9 Å². The lowest BCUT2D eigenvalue weighted by Gasteiger charge is -2.16. The highest BCUT2D eigenvalue weighted by Crippen LogP contribution is 2.28. The van der Waals surface area contributed by atoms with E-state index in [1.54, 1.807) is 49.4 Å². The Morgan fingerprint density at radius 1 is 1.00 bits per heavy atom. The molecule has 7 nitrogen and oxygen atoms in total. The van der Waals surface area contributed by atoms with Crippen molar-refractivity contribution >= 4 is 23.2 Å². The first-order chi connectivity index (χ1) is 13.6. The van der Waals surface area contributed by atoms with Gasteiger partial charge < -0.3 is 24.5 Å². The number of carbonyl (C=O) groups is 2. The molecule has 7 heteroatoms. The standard InChI is InChI=1S/C21H20N2O5/c1-14(28-16-7-4-3-5-8-16)20(24)22-15-10-11-18(26-2)17(13-15)23-21(25)19-9-6-12-27-19/h3-14H,1-2H3,(H,22,24)(H,23,25)/t14-/m0/s1. The first kappa shape index (κ1) is 19.0. The second kappa shape index (κ2) is 8.77. The van der Waals surface area contributed by atoms with Crippen molar-refractivity contribution in [1.82, 2.24) is 0 Å². The first-order valence-corrected chi connectivity index (χ1v) is 8.62. The highest BCUT2D eigenvalue weighted by molar-refractivity contribution is 6.04. The number of anilines is 2. The highest BCUT2D eigenvalue weighted by Gasteiger charge is 2.17. The molecule has 0 aliphatic carbocycles. The Balaban J connectivity index is 1.70. The van der Waals surface area contributed by atoms with Gasteiger partial charge in [0.1, 0.15) is 11.5 Å². The Morgan fingerprint density at radius 2 is 1.79 bits per heavy atom. The zero-order valence-electron chi connectivity index (χ0n) is 15.5. The van der Waals surface area contributed by atoms with E-state index in [1.807, 2.05) is 18.2 Å². The number of hydrogen-bond acceptors (Lipinski definition) is 5. The fraction of sp³-hybridized carbons (Fsp3) is 0.143. The van der Waals surface area contributed by atoms with Gasteiger partial charge in [-0.3, -0.25) is 9.59 Å². The highest BCUT2D eigenvalue weighted by atomic mass is 16.5. The molecule has 0 bridgehead atoms. The lowest BCUT2D eigenvalue weighted by atomic mass is 10.2. The number of ether oxygens (including phenoxy) is 2. The third-order valence-electron chi connectivity index (χ3n) is 3.89. The maximum atomic E-state index is 12.4. The van der Waals surface area contributed by atoms with Crippen LogP contribution in [0.15, 0.2) is 71.3 Å². The number of carbonyl (C=O) groups excluding carboxylic acids is 2. The molecule has 0 saturated heterocycles. The van der Waals surface area contributed by atoms with Gasteiger partial charge in [0.25, 0.3) is 11.8 Å². The van der Waals surface area contributed by atoms with Gasteiger partial charge in [-0.1, -0.05) is 18.2 Å². The molecule has 0 aliphatic heterocycles. The fourth-order valence-electron chi connectivity index (χ4n) is 2.48. The number of amides is 2. The minimum atomic E-state index is -0.703. The normalized spacial score (nSPS) is 11.4. The Kier molecular flexibility index (Phi) is 5.96. The Hall–Kier alpha value is -3.74. The van der Waals surface area contributed by atoms with E-state index in [0.717, 1.165) is 0 Å². The van der Waals surface area contributed by atoms with E-state index in [-0.39, 0.29) is 11.7 Å². The van der Waals surface area contributed by atoms with Gasteiger partial charge >= 0.3 is 0 Å². The van der Waals surface area contributed by atoms with Crippen molar-refractivity contribution in [1.29, 1.82) is 0 Å². The summed E-state index contributed by atoms with van der Waals surface area (Å²) in [5.41, 5.74) is 0.891. The molecule has 0 spiro atoms. The second-order valence-electron chi connectivity index (χ2n) is 5.91. The number of nitrogens with one attached hydrogen (secondary N) is 2. The Bertz CT molecular complexity index is 939. The Labute approximate surface area is 162 Å². The van der Waals surface area contributed by atoms with Crippen molar-refractivity contribution in [2.24, 2.45) is 0 Å². The van der Waals surface area contributed by atoms with Crippen LogP contribution in [0, 0.1) is 0 Å². The van der Waals surface area contributed by atoms with Crippen molar-refractivity contribution in [2.45, 2.75) is 13.0 Å². The van der Waals surface area contributed by atoms with Crippen LogP contribution in [0.1, 0.15) is 17.5 Å². The molecule has 3 rings (SSSR count). The molecule has 0 aliphatic rings. The molecule has 1 atom stereocenters. The van der Waals surface area contributed by atoms with Gasteiger partial charge in [-0.25, -0.2) is 0 Å². The summed E-state index contributed by atoms with van der Waals surface area (Å²) in [5, 5.41) is 5.47. The van der Waals surface area contributed by atoms with Gasteiger partial charge in [0.05, 0.1) is 19.1 Å². The molecule has 28 heavy (non-hydrogen) atoms. The molecule has 144 valence electrons. The summed E-state index contributed by atoms with van der Waals surface area (Å²) in [4.78, 5) is 24.6. The summed E-state index contributed by atoms with van der Waals surface area (Å²) >= 11 is 0. The SMILES string of the molecule is COc1ccc(NC(=O)[C@H](C)Oc2ccccc2)cc1NC(=O)c1ccco1. The van der Waals surface area contributed by atoms with Gasteiger partial charge in [-0.05, 0) is 49.4 Å². The molecular weight excluding hydrogens is 360 g/mol. The molecule has 1 aromatic heterocycles. The van der Waals surface area contributed by atoms with Crippen LogP contribution in [0.4, 0.5) is 11.4 Å². The van der Waals surface area contributed by atoms with E-state index in [2.05, 4.69) is 10.6 Å². The molecule has 0 radical (unpaired) electrons. The summed E-state index contributed by atoms with van der Waals surface area (Å²) < 4.78 is 16.0. The second-order valence-corrected chi connectivity index (χ2v) is 5.91. The molecule has 2 aromatic carbocycles. The number of methoxy groups -OCH3 is 1. The molecular formula is C21H20N2O5. The average Bonchev–Trinajstić information content (AvgIpc) is 3.24. The third kappa shape index (κ3) is 4.70. The quantitative estimate of drug-likeness (QED) is 0.648. The lowest BCUT2D eigenvalue weighted by molar-refractivity contribution is -0.122.